The number of benzene rings is 2. The molecule has 0 aromatic heterocycles. The molecule has 0 bridgehead atoms. The lowest BCUT2D eigenvalue weighted by Crippen LogP contribution is -2.21. The van der Waals surface area contributed by atoms with E-state index >= 15 is 0 Å². The lowest BCUT2D eigenvalue weighted by atomic mass is 10.1. The summed E-state index contributed by atoms with van der Waals surface area (Å²) in [6.45, 7) is 3.74. The number of aliphatic hydroxyl groups excluding tert-OH is 1. The summed E-state index contributed by atoms with van der Waals surface area (Å²) in [4.78, 5) is 12.2. The summed E-state index contributed by atoms with van der Waals surface area (Å²) in [5, 5.41) is 13.2. The lowest BCUT2D eigenvalue weighted by molar-refractivity contribution is -0.124. The SMILES string of the molecule is CC(C)Oc1c(Cl)cccc1NC(=O)C(O)c1ccccc1. The first-order chi connectivity index (χ1) is 10.5. The minimum absolute atomic E-state index is 0.0883. The van der Waals surface area contributed by atoms with Gasteiger partial charge in [0.1, 0.15) is 0 Å². The van der Waals surface area contributed by atoms with E-state index in [2.05, 4.69) is 5.32 Å². The van der Waals surface area contributed by atoms with Crippen LogP contribution in [0.2, 0.25) is 5.02 Å². The fourth-order valence-electron chi connectivity index (χ4n) is 1.95. The first kappa shape index (κ1) is 16.3. The van der Waals surface area contributed by atoms with Crippen molar-refractivity contribution in [3.8, 4) is 5.75 Å². The number of anilines is 1. The molecule has 2 aromatic rings. The van der Waals surface area contributed by atoms with Crippen molar-refractivity contribution in [1.29, 1.82) is 0 Å². The Morgan fingerprint density at radius 3 is 2.45 bits per heavy atom. The van der Waals surface area contributed by atoms with Crippen molar-refractivity contribution in [2.45, 2.75) is 26.1 Å². The second-order valence-corrected chi connectivity index (χ2v) is 5.49. The van der Waals surface area contributed by atoms with Crippen molar-refractivity contribution < 1.29 is 14.6 Å². The number of aliphatic hydroxyl groups is 1. The fraction of sp³-hybridized carbons (Fsp3) is 0.235. The predicted molar refractivity (Wildman–Crippen MR) is 87.2 cm³/mol. The highest BCUT2D eigenvalue weighted by atomic mass is 35.5. The topological polar surface area (TPSA) is 58.6 Å². The summed E-state index contributed by atoms with van der Waals surface area (Å²) >= 11 is 6.11. The van der Waals surface area contributed by atoms with Crippen molar-refractivity contribution in [3.63, 3.8) is 0 Å². The average molecular weight is 320 g/mol. The highest BCUT2D eigenvalue weighted by molar-refractivity contribution is 6.32. The minimum atomic E-state index is -1.26. The zero-order valence-corrected chi connectivity index (χ0v) is 13.2. The normalized spacial score (nSPS) is 12.0. The molecular formula is C17H18ClNO3. The molecule has 0 saturated carbocycles. The fourth-order valence-corrected chi connectivity index (χ4v) is 2.17. The molecule has 0 spiro atoms. The van der Waals surface area contributed by atoms with Crippen LogP contribution in [-0.4, -0.2) is 17.1 Å². The Balaban J connectivity index is 2.20. The van der Waals surface area contributed by atoms with Gasteiger partial charge in [-0.2, -0.15) is 0 Å². The summed E-state index contributed by atoms with van der Waals surface area (Å²) in [6, 6.07) is 13.8. The molecule has 1 unspecified atom stereocenters. The second-order valence-electron chi connectivity index (χ2n) is 5.09. The van der Waals surface area contributed by atoms with Crippen LogP contribution in [0.4, 0.5) is 5.69 Å². The second kappa shape index (κ2) is 7.29. The van der Waals surface area contributed by atoms with Crippen LogP contribution in [0.3, 0.4) is 0 Å². The van der Waals surface area contributed by atoms with Gasteiger partial charge < -0.3 is 15.2 Å². The Morgan fingerprint density at radius 1 is 1.14 bits per heavy atom. The van der Waals surface area contributed by atoms with E-state index in [4.69, 9.17) is 16.3 Å². The van der Waals surface area contributed by atoms with Gasteiger partial charge >= 0.3 is 0 Å². The molecule has 2 rings (SSSR count). The Morgan fingerprint density at radius 2 is 1.82 bits per heavy atom. The third kappa shape index (κ3) is 4.00. The van der Waals surface area contributed by atoms with Gasteiger partial charge in [0, 0.05) is 0 Å². The van der Waals surface area contributed by atoms with Crippen LogP contribution in [0, 0.1) is 0 Å². The van der Waals surface area contributed by atoms with Crippen LogP contribution in [0.15, 0.2) is 48.5 Å². The van der Waals surface area contributed by atoms with Crippen LogP contribution in [0.5, 0.6) is 5.75 Å². The number of carbonyl (C=O) groups is 1. The summed E-state index contributed by atoms with van der Waals surface area (Å²) in [5.74, 6) is -0.144. The van der Waals surface area contributed by atoms with Gasteiger partial charge in [-0.15, -0.1) is 0 Å². The van der Waals surface area contributed by atoms with E-state index in [0.29, 0.717) is 22.0 Å². The third-order valence-electron chi connectivity index (χ3n) is 2.94. The molecule has 116 valence electrons. The molecule has 2 N–H and O–H groups in total. The standard InChI is InChI=1S/C17H18ClNO3/c1-11(2)22-16-13(18)9-6-10-14(16)19-17(21)15(20)12-7-4-3-5-8-12/h3-11,15,20H,1-2H3,(H,19,21). The van der Waals surface area contributed by atoms with E-state index in [1.54, 1.807) is 42.5 Å². The molecule has 1 atom stereocenters. The first-order valence-electron chi connectivity index (χ1n) is 6.98. The van der Waals surface area contributed by atoms with E-state index in [-0.39, 0.29) is 6.10 Å². The Bertz CT molecular complexity index is 644. The predicted octanol–water partition coefficient (Wildman–Crippen LogP) is 3.80. The average Bonchev–Trinajstić information content (AvgIpc) is 2.50. The third-order valence-corrected chi connectivity index (χ3v) is 3.24. The number of nitrogens with one attached hydrogen (secondary N) is 1. The Hall–Kier alpha value is -2.04. The van der Waals surface area contributed by atoms with Gasteiger partial charge in [0.2, 0.25) is 0 Å². The number of hydrogen-bond donors (Lipinski definition) is 2. The van der Waals surface area contributed by atoms with Gasteiger partial charge in [-0.1, -0.05) is 48.0 Å². The van der Waals surface area contributed by atoms with Crippen molar-refractivity contribution in [2.75, 3.05) is 5.32 Å². The number of ether oxygens (including phenoxy) is 1. The maximum atomic E-state index is 12.2. The van der Waals surface area contributed by atoms with Crippen LogP contribution in [-0.2, 0) is 4.79 Å². The first-order valence-corrected chi connectivity index (χ1v) is 7.36. The molecule has 0 aliphatic rings. The molecule has 0 aliphatic carbocycles. The summed E-state index contributed by atoms with van der Waals surface area (Å²) < 4.78 is 5.63. The number of amides is 1. The largest absolute Gasteiger partial charge is 0.487 e. The highest BCUT2D eigenvalue weighted by Crippen LogP contribution is 2.34. The molecule has 0 saturated heterocycles. The molecule has 0 heterocycles. The van der Waals surface area contributed by atoms with Crippen LogP contribution >= 0.6 is 11.6 Å². The Kier molecular flexibility index (Phi) is 5.41. The van der Waals surface area contributed by atoms with E-state index in [0.717, 1.165) is 0 Å². The lowest BCUT2D eigenvalue weighted by Gasteiger charge is -2.17. The van der Waals surface area contributed by atoms with Crippen molar-refractivity contribution in [3.05, 3.63) is 59.1 Å². The molecule has 1 amide bonds. The van der Waals surface area contributed by atoms with Gasteiger partial charge in [0.15, 0.2) is 11.9 Å². The number of rotatable bonds is 5. The van der Waals surface area contributed by atoms with E-state index < -0.39 is 12.0 Å². The molecule has 0 aliphatic heterocycles. The molecule has 5 heteroatoms. The number of para-hydroxylation sites is 1. The van der Waals surface area contributed by atoms with E-state index in [1.165, 1.54) is 0 Å². The van der Waals surface area contributed by atoms with Crippen LogP contribution in [0.1, 0.15) is 25.5 Å². The van der Waals surface area contributed by atoms with E-state index in [1.807, 2.05) is 19.9 Å². The number of carbonyl (C=O) groups excluding carboxylic acids is 1. The quantitative estimate of drug-likeness (QED) is 0.881. The van der Waals surface area contributed by atoms with E-state index in [9.17, 15) is 9.90 Å². The van der Waals surface area contributed by atoms with Crippen molar-refractivity contribution in [1.82, 2.24) is 0 Å². The molecule has 0 fully saturated rings. The smallest absolute Gasteiger partial charge is 0.257 e. The summed E-state index contributed by atoms with van der Waals surface area (Å²) in [6.07, 6.45) is -1.35. The van der Waals surface area contributed by atoms with Crippen LogP contribution < -0.4 is 10.1 Å². The van der Waals surface area contributed by atoms with Gasteiger partial charge in [-0.3, -0.25) is 4.79 Å². The van der Waals surface area contributed by atoms with Crippen molar-refractivity contribution >= 4 is 23.2 Å². The maximum absolute atomic E-state index is 12.2. The molecular weight excluding hydrogens is 302 g/mol. The molecule has 22 heavy (non-hydrogen) atoms. The maximum Gasteiger partial charge on any atom is 0.257 e. The van der Waals surface area contributed by atoms with Gasteiger partial charge in [-0.05, 0) is 31.5 Å². The van der Waals surface area contributed by atoms with Gasteiger partial charge in [0.05, 0.1) is 16.8 Å². The zero-order chi connectivity index (χ0) is 16.1. The summed E-state index contributed by atoms with van der Waals surface area (Å²) in [5.41, 5.74) is 0.953. The van der Waals surface area contributed by atoms with Gasteiger partial charge in [0.25, 0.3) is 5.91 Å². The molecule has 2 aromatic carbocycles. The highest BCUT2D eigenvalue weighted by Gasteiger charge is 2.19. The van der Waals surface area contributed by atoms with Crippen molar-refractivity contribution in [2.24, 2.45) is 0 Å². The molecule has 0 radical (unpaired) electrons. The summed E-state index contributed by atoms with van der Waals surface area (Å²) in [7, 11) is 0. The number of hydrogen-bond acceptors (Lipinski definition) is 3. The van der Waals surface area contributed by atoms with Crippen LogP contribution in [0.25, 0.3) is 0 Å². The molecule has 4 nitrogen and oxygen atoms in total. The monoisotopic (exact) mass is 319 g/mol. The number of halogens is 1. The zero-order valence-electron chi connectivity index (χ0n) is 12.4. The minimum Gasteiger partial charge on any atom is -0.487 e. The van der Waals surface area contributed by atoms with Gasteiger partial charge in [-0.25, -0.2) is 0 Å². The Labute approximate surface area is 134 Å².